The van der Waals surface area contributed by atoms with E-state index < -0.39 is 0 Å². The molecule has 2 saturated heterocycles. The molecule has 5 heteroatoms. The first-order valence-electron chi connectivity index (χ1n) is 9.03. The number of piperidine rings is 1. The number of nitrogens with one attached hydrogen (secondary N) is 1. The lowest BCUT2D eigenvalue weighted by atomic mass is 9.92. The number of carbonyl (C=O) groups excluding carboxylic acids is 1. The summed E-state index contributed by atoms with van der Waals surface area (Å²) in [6.07, 6.45) is 4.62. The van der Waals surface area contributed by atoms with Crippen molar-refractivity contribution < 1.29 is 13.9 Å². The first-order valence-corrected chi connectivity index (χ1v) is 9.03. The maximum absolute atomic E-state index is 12.9. The highest BCUT2D eigenvalue weighted by Crippen LogP contribution is 2.22. The van der Waals surface area contributed by atoms with Gasteiger partial charge in [-0.3, -0.25) is 9.69 Å². The average molecular weight is 334 g/mol. The van der Waals surface area contributed by atoms with Gasteiger partial charge in [0.15, 0.2) is 0 Å². The van der Waals surface area contributed by atoms with E-state index in [4.69, 9.17) is 4.74 Å². The number of nitrogens with zero attached hydrogens (tertiary/aromatic N) is 1. The van der Waals surface area contributed by atoms with Crippen LogP contribution in [0.2, 0.25) is 0 Å². The van der Waals surface area contributed by atoms with Crippen LogP contribution in [-0.2, 0) is 16.1 Å². The van der Waals surface area contributed by atoms with Crippen LogP contribution in [0.3, 0.4) is 0 Å². The van der Waals surface area contributed by atoms with Crippen molar-refractivity contribution in [2.24, 2.45) is 5.92 Å². The molecule has 2 aliphatic rings. The fourth-order valence-electron chi connectivity index (χ4n) is 3.59. The first-order chi connectivity index (χ1) is 11.7. The molecule has 1 N–H and O–H groups in total. The molecule has 0 spiro atoms. The molecule has 2 fully saturated rings. The topological polar surface area (TPSA) is 41.6 Å². The van der Waals surface area contributed by atoms with Gasteiger partial charge in [-0.1, -0.05) is 12.1 Å². The molecule has 0 aliphatic carbocycles. The van der Waals surface area contributed by atoms with E-state index in [0.29, 0.717) is 18.4 Å². The second-order valence-corrected chi connectivity index (χ2v) is 7.00. The van der Waals surface area contributed by atoms with Crippen molar-refractivity contribution in [2.45, 2.75) is 44.7 Å². The van der Waals surface area contributed by atoms with Crippen LogP contribution < -0.4 is 5.32 Å². The zero-order valence-electron chi connectivity index (χ0n) is 14.2. The molecule has 132 valence electrons. The fourth-order valence-corrected chi connectivity index (χ4v) is 3.59. The molecule has 0 bridgehead atoms. The van der Waals surface area contributed by atoms with Crippen LogP contribution >= 0.6 is 0 Å². The quantitative estimate of drug-likeness (QED) is 0.900. The molecule has 0 unspecified atom stereocenters. The summed E-state index contributed by atoms with van der Waals surface area (Å²) in [6.45, 7) is 4.39. The number of carbonyl (C=O) groups is 1. The second-order valence-electron chi connectivity index (χ2n) is 7.00. The molecule has 0 radical (unpaired) electrons. The number of halogens is 1. The van der Waals surface area contributed by atoms with E-state index in [1.165, 1.54) is 12.1 Å². The molecule has 3 rings (SSSR count). The molecule has 4 nitrogen and oxygen atoms in total. The number of ether oxygens (including phenoxy) is 1. The van der Waals surface area contributed by atoms with E-state index in [1.54, 1.807) is 0 Å². The van der Waals surface area contributed by atoms with Crippen molar-refractivity contribution in [3.05, 3.63) is 35.6 Å². The summed E-state index contributed by atoms with van der Waals surface area (Å²) in [6, 6.07) is 7.03. The third-order valence-corrected chi connectivity index (χ3v) is 5.09. The number of amides is 1. The minimum absolute atomic E-state index is 0.187. The maximum Gasteiger partial charge on any atom is 0.220 e. The van der Waals surface area contributed by atoms with Crippen molar-refractivity contribution in [1.29, 1.82) is 0 Å². The Balaban J connectivity index is 1.37. The maximum atomic E-state index is 12.9. The minimum atomic E-state index is -0.187. The Morgan fingerprint density at radius 1 is 1.12 bits per heavy atom. The van der Waals surface area contributed by atoms with E-state index in [2.05, 4.69) is 10.2 Å². The predicted octanol–water partition coefficient (Wildman–Crippen LogP) is 2.72. The van der Waals surface area contributed by atoms with E-state index in [1.807, 2.05) is 12.1 Å². The highest BCUT2D eigenvalue weighted by atomic mass is 19.1. The summed E-state index contributed by atoms with van der Waals surface area (Å²) in [4.78, 5) is 14.6. The second kappa shape index (κ2) is 8.58. The van der Waals surface area contributed by atoms with Crippen LogP contribution in [0.5, 0.6) is 0 Å². The highest BCUT2D eigenvalue weighted by molar-refractivity contribution is 5.76. The van der Waals surface area contributed by atoms with Gasteiger partial charge in [0.1, 0.15) is 5.82 Å². The Morgan fingerprint density at radius 3 is 2.46 bits per heavy atom. The summed E-state index contributed by atoms with van der Waals surface area (Å²) in [5, 5.41) is 3.15. The number of likely N-dealkylation sites (tertiary alicyclic amines) is 1. The Kier molecular flexibility index (Phi) is 6.21. The average Bonchev–Trinajstić information content (AvgIpc) is 2.59. The van der Waals surface area contributed by atoms with Gasteiger partial charge < -0.3 is 10.1 Å². The van der Waals surface area contributed by atoms with E-state index in [-0.39, 0.29) is 11.7 Å². The molecule has 0 atom stereocenters. The van der Waals surface area contributed by atoms with Gasteiger partial charge in [-0.05, 0) is 62.4 Å². The largest absolute Gasteiger partial charge is 0.381 e. The van der Waals surface area contributed by atoms with Crippen LogP contribution in [0.4, 0.5) is 4.39 Å². The van der Waals surface area contributed by atoms with Crippen LogP contribution in [0, 0.1) is 11.7 Å². The van der Waals surface area contributed by atoms with Crippen LogP contribution in [0.25, 0.3) is 0 Å². The molecule has 1 aromatic rings. The SMILES string of the molecule is O=C(CC1CCN(Cc2ccc(F)cc2)CC1)NC1CCOCC1. The summed E-state index contributed by atoms with van der Waals surface area (Å²) in [5.41, 5.74) is 1.15. The summed E-state index contributed by atoms with van der Waals surface area (Å²) < 4.78 is 18.3. The van der Waals surface area contributed by atoms with Crippen molar-refractivity contribution in [1.82, 2.24) is 10.2 Å². The van der Waals surface area contributed by atoms with Crippen molar-refractivity contribution >= 4 is 5.91 Å². The molecule has 1 aromatic carbocycles. The summed E-state index contributed by atoms with van der Waals surface area (Å²) in [7, 11) is 0. The number of hydrogen-bond acceptors (Lipinski definition) is 3. The molecule has 0 saturated carbocycles. The van der Waals surface area contributed by atoms with E-state index >= 15 is 0 Å². The van der Waals surface area contributed by atoms with Crippen molar-refractivity contribution in [3.63, 3.8) is 0 Å². The van der Waals surface area contributed by atoms with Gasteiger partial charge >= 0.3 is 0 Å². The molecule has 24 heavy (non-hydrogen) atoms. The Labute approximate surface area is 143 Å². The summed E-state index contributed by atoms with van der Waals surface area (Å²) >= 11 is 0. The van der Waals surface area contributed by atoms with Gasteiger partial charge in [-0.2, -0.15) is 0 Å². The fraction of sp³-hybridized carbons (Fsp3) is 0.632. The van der Waals surface area contributed by atoms with Gasteiger partial charge in [-0.15, -0.1) is 0 Å². The third kappa shape index (κ3) is 5.28. The van der Waals surface area contributed by atoms with Crippen molar-refractivity contribution in [2.75, 3.05) is 26.3 Å². The lowest BCUT2D eigenvalue weighted by Gasteiger charge is -2.32. The Morgan fingerprint density at radius 2 is 1.79 bits per heavy atom. The third-order valence-electron chi connectivity index (χ3n) is 5.09. The van der Waals surface area contributed by atoms with E-state index in [9.17, 15) is 9.18 Å². The van der Waals surface area contributed by atoms with Gasteiger partial charge in [-0.25, -0.2) is 4.39 Å². The number of rotatable bonds is 5. The zero-order chi connectivity index (χ0) is 16.8. The van der Waals surface area contributed by atoms with Gasteiger partial charge in [0.2, 0.25) is 5.91 Å². The van der Waals surface area contributed by atoms with Gasteiger partial charge in [0.25, 0.3) is 0 Å². The molecule has 2 aliphatic heterocycles. The Bertz CT molecular complexity index is 521. The normalized spacial score (nSPS) is 20.9. The minimum Gasteiger partial charge on any atom is -0.381 e. The molecule has 2 heterocycles. The van der Waals surface area contributed by atoms with Gasteiger partial charge in [0, 0.05) is 32.2 Å². The smallest absolute Gasteiger partial charge is 0.220 e. The van der Waals surface area contributed by atoms with Crippen molar-refractivity contribution in [3.8, 4) is 0 Å². The van der Waals surface area contributed by atoms with E-state index in [0.717, 1.165) is 64.1 Å². The Hall–Kier alpha value is -1.46. The predicted molar refractivity (Wildman–Crippen MR) is 91.0 cm³/mol. The highest BCUT2D eigenvalue weighted by Gasteiger charge is 2.23. The van der Waals surface area contributed by atoms with Gasteiger partial charge in [0.05, 0.1) is 0 Å². The van der Waals surface area contributed by atoms with Crippen LogP contribution in [-0.4, -0.2) is 43.2 Å². The van der Waals surface area contributed by atoms with Crippen LogP contribution in [0.15, 0.2) is 24.3 Å². The molecular formula is C19H27FN2O2. The summed E-state index contributed by atoms with van der Waals surface area (Å²) in [5.74, 6) is 0.487. The lowest BCUT2D eigenvalue weighted by Crippen LogP contribution is -2.41. The molecule has 0 aromatic heterocycles. The lowest BCUT2D eigenvalue weighted by molar-refractivity contribution is -0.123. The first kappa shape index (κ1) is 17.4. The number of hydrogen-bond donors (Lipinski definition) is 1. The number of benzene rings is 1. The molecule has 1 amide bonds. The standard InChI is InChI=1S/C19H27FN2O2/c20-17-3-1-16(2-4-17)14-22-9-5-15(6-10-22)13-19(23)21-18-7-11-24-12-8-18/h1-4,15,18H,5-14H2,(H,21,23). The van der Waals surface area contributed by atoms with Crippen LogP contribution in [0.1, 0.15) is 37.7 Å². The monoisotopic (exact) mass is 334 g/mol. The zero-order valence-corrected chi connectivity index (χ0v) is 14.2. The molecular weight excluding hydrogens is 307 g/mol.